The fraction of sp³-hybridized carbons (Fsp3) is 0.250. The van der Waals surface area contributed by atoms with Crippen molar-refractivity contribution in [3.05, 3.63) is 59.4 Å². The Morgan fingerprint density at radius 3 is 2.67 bits per heavy atom. The second kappa shape index (κ2) is 7.40. The molecule has 1 heterocycles. The number of nitrogens with zero attached hydrogens (tertiary/aromatic N) is 1. The van der Waals surface area contributed by atoms with Gasteiger partial charge < -0.3 is 14.8 Å². The molecule has 0 aliphatic heterocycles. The minimum atomic E-state index is -0.446. The van der Waals surface area contributed by atoms with Gasteiger partial charge in [0.05, 0.1) is 13.7 Å². The molecule has 0 fully saturated rings. The summed E-state index contributed by atoms with van der Waals surface area (Å²) in [6, 6.07) is 11.5. The highest BCUT2D eigenvalue weighted by Crippen LogP contribution is 2.14. The van der Waals surface area contributed by atoms with Gasteiger partial charge in [0.1, 0.15) is 5.69 Å². The van der Waals surface area contributed by atoms with E-state index in [1.807, 2.05) is 30.3 Å². The highest BCUT2D eigenvalue weighted by Gasteiger charge is 2.07. The third kappa shape index (κ3) is 4.03. The number of benzene rings is 1. The lowest BCUT2D eigenvalue weighted by Crippen LogP contribution is -2.07. The molecule has 0 saturated carbocycles. The van der Waals surface area contributed by atoms with E-state index in [9.17, 15) is 4.79 Å². The minimum Gasteiger partial charge on any atom is -0.464 e. The van der Waals surface area contributed by atoms with Crippen molar-refractivity contribution in [1.29, 1.82) is 0 Å². The molecule has 1 aromatic carbocycles. The van der Waals surface area contributed by atoms with Crippen molar-refractivity contribution < 1.29 is 14.3 Å². The van der Waals surface area contributed by atoms with Gasteiger partial charge in [-0.25, -0.2) is 9.78 Å². The van der Waals surface area contributed by atoms with Crippen molar-refractivity contribution in [3.63, 3.8) is 0 Å². The first kappa shape index (κ1) is 15.0. The summed E-state index contributed by atoms with van der Waals surface area (Å²) >= 11 is 0. The maximum Gasteiger partial charge on any atom is 0.356 e. The Balaban J connectivity index is 2.08. The van der Waals surface area contributed by atoms with Gasteiger partial charge in [0, 0.05) is 25.5 Å². The summed E-state index contributed by atoms with van der Waals surface area (Å²) in [5.41, 5.74) is 3.39. The number of anilines is 1. The second-order valence-electron chi connectivity index (χ2n) is 4.48. The standard InChI is InChI=1S/C16H18N2O3/c1-20-11-13-6-4-3-5-12(13)10-18-14-7-8-17-15(9-14)16(19)21-2/h3-9H,10-11H2,1-2H3,(H,17,18). The Labute approximate surface area is 123 Å². The van der Waals surface area contributed by atoms with E-state index in [2.05, 4.69) is 15.0 Å². The largest absolute Gasteiger partial charge is 0.464 e. The number of nitrogens with one attached hydrogen (secondary N) is 1. The van der Waals surface area contributed by atoms with Gasteiger partial charge in [-0.3, -0.25) is 0 Å². The van der Waals surface area contributed by atoms with Crippen LogP contribution in [0.1, 0.15) is 21.6 Å². The molecular weight excluding hydrogens is 268 g/mol. The number of rotatable bonds is 6. The van der Waals surface area contributed by atoms with Gasteiger partial charge in [0.25, 0.3) is 0 Å². The van der Waals surface area contributed by atoms with Crippen LogP contribution in [0.15, 0.2) is 42.6 Å². The number of hydrogen-bond donors (Lipinski definition) is 1. The fourth-order valence-corrected chi connectivity index (χ4v) is 1.98. The van der Waals surface area contributed by atoms with Crippen LogP contribution in [-0.4, -0.2) is 25.2 Å². The highest BCUT2D eigenvalue weighted by atomic mass is 16.5. The van der Waals surface area contributed by atoms with Gasteiger partial charge >= 0.3 is 5.97 Å². The average molecular weight is 286 g/mol. The van der Waals surface area contributed by atoms with Crippen molar-refractivity contribution in [3.8, 4) is 0 Å². The molecule has 0 atom stereocenters. The molecule has 0 aliphatic rings. The van der Waals surface area contributed by atoms with E-state index in [0.29, 0.717) is 13.2 Å². The number of methoxy groups -OCH3 is 2. The van der Waals surface area contributed by atoms with Crippen molar-refractivity contribution in [2.24, 2.45) is 0 Å². The second-order valence-corrected chi connectivity index (χ2v) is 4.48. The molecule has 2 aromatic rings. The normalized spacial score (nSPS) is 10.2. The molecule has 5 heteroatoms. The Kier molecular flexibility index (Phi) is 5.29. The summed E-state index contributed by atoms with van der Waals surface area (Å²) in [7, 11) is 3.01. The summed E-state index contributed by atoms with van der Waals surface area (Å²) < 4.78 is 9.85. The van der Waals surface area contributed by atoms with E-state index in [1.54, 1.807) is 19.4 Å². The van der Waals surface area contributed by atoms with Gasteiger partial charge in [-0.15, -0.1) is 0 Å². The molecule has 1 aromatic heterocycles. The van der Waals surface area contributed by atoms with E-state index in [-0.39, 0.29) is 5.69 Å². The maximum absolute atomic E-state index is 11.5. The number of aromatic nitrogens is 1. The zero-order valence-electron chi connectivity index (χ0n) is 12.1. The van der Waals surface area contributed by atoms with Crippen LogP contribution in [0.4, 0.5) is 5.69 Å². The monoisotopic (exact) mass is 286 g/mol. The van der Waals surface area contributed by atoms with Gasteiger partial charge in [0.15, 0.2) is 0 Å². The summed E-state index contributed by atoms with van der Waals surface area (Å²) in [6.07, 6.45) is 1.58. The molecule has 0 amide bonds. The van der Waals surface area contributed by atoms with Crippen LogP contribution in [0.5, 0.6) is 0 Å². The van der Waals surface area contributed by atoms with E-state index >= 15 is 0 Å². The molecular formula is C16H18N2O3. The number of hydrogen-bond acceptors (Lipinski definition) is 5. The number of pyridine rings is 1. The molecule has 0 spiro atoms. The van der Waals surface area contributed by atoms with E-state index in [4.69, 9.17) is 4.74 Å². The van der Waals surface area contributed by atoms with Crippen molar-refractivity contribution in [1.82, 2.24) is 4.98 Å². The summed E-state index contributed by atoms with van der Waals surface area (Å²) in [5, 5.41) is 3.28. The first-order valence-electron chi connectivity index (χ1n) is 6.58. The third-order valence-electron chi connectivity index (χ3n) is 3.06. The molecule has 110 valence electrons. The lowest BCUT2D eigenvalue weighted by atomic mass is 10.1. The summed E-state index contributed by atoms with van der Waals surface area (Å²) in [5.74, 6) is -0.446. The Morgan fingerprint density at radius 2 is 1.95 bits per heavy atom. The van der Waals surface area contributed by atoms with Crippen LogP contribution in [-0.2, 0) is 22.6 Å². The predicted octanol–water partition coefficient (Wildman–Crippen LogP) is 2.63. The smallest absolute Gasteiger partial charge is 0.356 e. The maximum atomic E-state index is 11.5. The Morgan fingerprint density at radius 1 is 1.19 bits per heavy atom. The Hall–Kier alpha value is -2.40. The van der Waals surface area contributed by atoms with Crippen LogP contribution in [0.25, 0.3) is 0 Å². The van der Waals surface area contributed by atoms with Crippen molar-refractivity contribution in [2.75, 3.05) is 19.5 Å². The lowest BCUT2D eigenvalue weighted by molar-refractivity contribution is 0.0594. The van der Waals surface area contributed by atoms with Gasteiger partial charge in [-0.05, 0) is 23.3 Å². The molecule has 5 nitrogen and oxygen atoms in total. The first-order chi connectivity index (χ1) is 10.2. The molecule has 21 heavy (non-hydrogen) atoms. The number of esters is 1. The van der Waals surface area contributed by atoms with Gasteiger partial charge in [-0.1, -0.05) is 24.3 Å². The van der Waals surface area contributed by atoms with E-state index in [1.165, 1.54) is 7.11 Å². The SMILES string of the molecule is COCc1ccccc1CNc1ccnc(C(=O)OC)c1. The quantitative estimate of drug-likeness (QED) is 0.827. The summed E-state index contributed by atoms with van der Waals surface area (Å²) in [6.45, 7) is 1.21. The number of carbonyl (C=O) groups excluding carboxylic acids is 1. The molecule has 0 radical (unpaired) electrons. The molecule has 0 bridgehead atoms. The predicted molar refractivity (Wildman–Crippen MR) is 80.1 cm³/mol. The number of ether oxygens (including phenoxy) is 2. The molecule has 0 aliphatic carbocycles. The number of carbonyl (C=O) groups is 1. The topological polar surface area (TPSA) is 60.5 Å². The van der Waals surface area contributed by atoms with E-state index < -0.39 is 5.97 Å². The third-order valence-corrected chi connectivity index (χ3v) is 3.06. The van der Waals surface area contributed by atoms with Gasteiger partial charge in [-0.2, -0.15) is 0 Å². The minimum absolute atomic E-state index is 0.285. The van der Waals surface area contributed by atoms with Crippen molar-refractivity contribution >= 4 is 11.7 Å². The zero-order chi connectivity index (χ0) is 15.1. The molecule has 0 saturated heterocycles. The Bertz CT molecular complexity index is 614. The van der Waals surface area contributed by atoms with Crippen LogP contribution in [0.2, 0.25) is 0 Å². The highest BCUT2D eigenvalue weighted by molar-refractivity contribution is 5.88. The average Bonchev–Trinajstić information content (AvgIpc) is 2.54. The van der Waals surface area contributed by atoms with Gasteiger partial charge in [0.2, 0.25) is 0 Å². The molecule has 0 unspecified atom stereocenters. The fourth-order valence-electron chi connectivity index (χ4n) is 1.98. The first-order valence-corrected chi connectivity index (χ1v) is 6.58. The van der Waals surface area contributed by atoms with Crippen molar-refractivity contribution in [2.45, 2.75) is 13.2 Å². The molecule has 1 N–H and O–H groups in total. The van der Waals surface area contributed by atoms with Crippen LogP contribution < -0.4 is 5.32 Å². The van der Waals surface area contributed by atoms with Crippen LogP contribution in [0, 0.1) is 0 Å². The summed E-state index contributed by atoms with van der Waals surface area (Å²) in [4.78, 5) is 15.4. The van der Waals surface area contributed by atoms with Crippen LogP contribution in [0.3, 0.4) is 0 Å². The lowest BCUT2D eigenvalue weighted by Gasteiger charge is -2.11. The van der Waals surface area contributed by atoms with Crippen LogP contribution >= 0.6 is 0 Å². The molecule has 2 rings (SSSR count). The zero-order valence-corrected chi connectivity index (χ0v) is 12.1. The van der Waals surface area contributed by atoms with E-state index in [0.717, 1.165) is 16.8 Å².